The number of nitrogens with one attached hydrogen (secondary N) is 1. The molecule has 6 nitrogen and oxygen atoms in total. The summed E-state index contributed by atoms with van der Waals surface area (Å²) in [6.45, 7) is 0.870. The molecule has 2 heterocycles. The van der Waals surface area contributed by atoms with Crippen molar-refractivity contribution in [1.82, 2.24) is 25.1 Å². The molecule has 0 aliphatic rings. The highest BCUT2D eigenvalue weighted by Gasteiger charge is 2.21. The van der Waals surface area contributed by atoms with Crippen LogP contribution in [-0.4, -0.2) is 46.3 Å². The minimum atomic E-state index is -0.101. The average molecular weight is 399 g/mol. The Morgan fingerprint density at radius 1 is 1.00 bits per heavy atom. The molecule has 152 valence electrons. The van der Waals surface area contributed by atoms with E-state index in [0.29, 0.717) is 5.82 Å². The van der Waals surface area contributed by atoms with E-state index >= 15 is 0 Å². The molecule has 0 aliphatic carbocycles. The van der Waals surface area contributed by atoms with Gasteiger partial charge < -0.3 is 9.64 Å². The zero-order chi connectivity index (χ0) is 20.9. The summed E-state index contributed by atoms with van der Waals surface area (Å²) in [4.78, 5) is 11.3. The standard InChI is InChI=1S/C24H25N5O/c1-29(2)16-17-6-4-7-19(14-17)23-26-24(28-27-23)22(20-8-5-13-25-15-20)18-9-11-21(30-3)12-10-18/h4-15,22H,16H2,1-3H3,(H,26,27,28). The van der Waals surface area contributed by atoms with Crippen molar-refractivity contribution in [2.45, 2.75) is 12.5 Å². The predicted octanol–water partition coefficient (Wildman–Crippen LogP) is 4.12. The molecule has 1 atom stereocenters. The van der Waals surface area contributed by atoms with E-state index in [4.69, 9.17) is 9.72 Å². The second-order valence-electron chi connectivity index (χ2n) is 7.47. The zero-order valence-corrected chi connectivity index (χ0v) is 17.4. The maximum atomic E-state index is 5.31. The van der Waals surface area contributed by atoms with Gasteiger partial charge in [-0.15, -0.1) is 0 Å². The molecule has 1 unspecified atom stereocenters. The monoisotopic (exact) mass is 399 g/mol. The third-order valence-corrected chi connectivity index (χ3v) is 4.93. The fourth-order valence-electron chi connectivity index (χ4n) is 3.56. The van der Waals surface area contributed by atoms with Gasteiger partial charge in [0.2, 0.25) is 0 Å². The Labute approximate surface area is 176 Å². The number of rotatable bonds is 7. The molecule has 2 aromatic carbocycles. The van der Waals surface area contributed by atoms with Crippen molar-refractivity contribution < 1.29 is 4.74 Å². The number of benzene rings is 2. The zero-order valence-electron chi connectivity index (χ0n) is 17.4. The van der Waals surface area contributed by atoms with Crippen LogP contribution in [0, 0.1) is 0 Å². The van der Waals surface area contributed by atoms with Gasteiger partial charge in [-0.1, -0.05) is 36.4 Å². The van der Waals surface area contributed by atoms with Crippen molar-refractivity contribution in [2.75, 3.05) is 21.2 Å². The second-order valence-corrected chi connectivity index (χ2v) is 7.47. The summed E-state index contributed by atoms with van der Waals surface area (Å²) in [7, 11) is 5.79. The van der Waals surface area contributed by atoms with Crippen molar-refractivity contribution in [3.8, 4) is 17.1 Å². The van der Waals surface area contributed by atoms with Gasteiger partial charge in [0.05, 0.1) is 13.0 Å². The highest BCUT2D eigenvalue weighted by molar-refractivity contribution is 5.56. The Bertz CT molecular complexity index is 1090. The Kier molecular flexibility index (Phi) is 5.86. The Morgan fingerprint density at radius 2 is 1.83 bits per heavy atom. The van der Waals surface area contributed by atoms with Crippen LogP contribution in [0.25, 0.3) is 11.4 Å². The lowest BCUT2D eigenvalue weighted by atomic mass is 9.91. The van der Waals surface area contributed by atoms with Crippen LogP contribution in [0.5, 0.6) is 5.75 Å². The number of H-pyrrole nitrogens is 1. The van der Waals surface area contributed by atoms with Crippen LogP contribution in [0.4, 0.5) is 0 Å². The summed E-state index contributed by atoms with van der Waals surface area (Å²) in [5, 5.41) is 7.68. The maximum Gasteiger partial charge on any atom is 0.181 e. The van der Waals surface area contributed by atoms with Gasteiger partial charge in [0.1, 0.15) is 11.6 Å². The molecule has 4 rings (SSSR count). The largest absolute Gasteiger partial charge is 0.497 e. The van der Waals surface area contributed by atoms with Crippen molar-refractivity contribution >= 4 is 0 Å². The van der Waals surface area contributed by atoms with Crippen molar-refractivity contribution in [3.63, 3.8) is 0 Å². The lowest BCUT2D eigenvalue weighted by Gasteiger charge is -2.15. The van der Waals surface area contributed by atoms with Crippen molar-refractivity contribution in [2.24, 2.45) is 0 Å². The molecule has 6 heteroatoms. The predicted molar refractivity (Wildman–Crippen MR) is 117 cm³/mol. The Hall–Kier alpha value is -3.51. The average Bonchev–Trinajstić information content (AvgIpc) is 3.25. The number of aromatic amines is 1. The molecular weight excluding hydrogens is 374 g/mol. The summed E-state index contributed by atoms with van der Waals surface area (Å²) >= 11 is 0. The Balaban J connectivity index is 1.71. The van der Waals surface area contributed by atoms with E-state index in [1.165, 1.54) is 5.56 Å². The van der Waals surface area contributed by atoms with E-state index < -0.39 is 0 Å². The number of methoxy groups -OCH3 is 1. The number of nitrogens with zero attached hydrogens (tertiary/aromatic N) is 4. The lowest BCUT2D eigenvalue weighted by Crippen LogP contribution is -2.10. The number of hydrogen-bond donors (Lipinski definition) is 1. The maximum absolute atomic E-state index is 5.31. The first kappa shape index (κ1) is 19.8. The molecule has 0 saturated carbocycles. The highest BCUT2D eigenvalue weighted by Crippen LogP contribution is 2.31. The fraction of sp³-hybridized carbons (Fsp3) is 0.208. The topological polar surface area (TPSA) is 66.9 Å². The SMILES string of the molecule is COc1ccc(C(c2cccnc2)c2nc(-c3cccc(CN(C)C)c3)n[nH]2)cc1. The Morgan fingerprint density at radius 3 is 2.53 bits per heavy atom. The molecule has 0 saturated heterocycles. The summed E-state index contributed by atoms with van der Waals surface area (Å²) in [6.07, 6.45) is 3.64. The highest BCUT2D eigenvalue weighted by atomic mass is 16.5. The molecule has 0 amide bonds. The molecule has 1 N–H and O–H groups in total. The van der Waals surface area contributed by atoms with Gasteiger partial charge in [-0.3, -0.25) is 10.1 Å². The number of hydrogen-bond acceptors (Lipinski definition) is 5. The van der Waals surface area contributed by atoms with Gasteiger partial charge in [-0.05, 0) is 55.1 Å². The van der Waals surface area contributed by atoms with E-state index in [2.05, 4.69) is 64.5 Å². The lowest BCUT2D eigenvalue weighted by molar-refractivity contribution is 0.402. The number of aromatic nitrogens is 4. The quantitative estimate of drug-likeness (QED) is 0.506. The molecule has 0 fully saturated rings. The minimum absolute atomic E-state index is 0.101. The van der Waals surface area contributed by atoms with Crippen molar-refractivity contribution in [3.05, 3.63) is 95.6 Å². The first-order chi connectivity index (χ1) is 14.6. The van der Waals surface area contributed by atoms with Gasteiger partial charge in [-0.25, -0.2) is 4.98 Å². The van der Waals surface area contributed by atoms with E-state index in [9.17, 15) is 0 Å². The van der Waals surface area contributed by atoms with Crippen molar-refractivity contribution in [1.29, 1.82) is 0 Å². The van der Waals surface area contributed by atoms with Crippen LogP contribution < -0.4 is 4.74 Å². The van der Waals surface area contributed by atoms with Crippen LogP contribution in [0.2, 0.25) is 0 Å². The van der Waals surface area contributed by atoms with Gasteiger partial charge in [0.15, 0.2) is 5.82 Å². The molecule has 0 spiro atoms. The van der Waals surface area contributed by atoms with E-state index in [1.54, 1.807) is 13.3 Å². The molecule has 4 aromatic rings. The van der Waals surface area contributed by atoms with Crippen LogP contribution >= 0.6 is 0 Å². The molecular formula is C24H25N5O. The summed E-state index contributed by atoms with van der Waals surface area (Å²) in [5.41, 5.74) is 4.36. The number of pyridine rings is 1. The normalized spacial score (nSPS) is 12.1. The fourth-order valence-corrected chi connectivity index (χ4v) is 3.56. The first-order valence-corrected chi connectivity index (χ1v) is 9.84. The molecule has 0 bridgehead atoms. The van der Waals surface area contributed by atoms with E-state index in [0.717, 1.165) is 34.8 Å². The third-order valence-electron chi connectivity index (χ3n) is 4.93. The second kappa shape index (κ2) is 8.88. The van der Waals surface area contributed by atoms with Crippen LogP contribution in [-0.2, 0) is 6.54 Å². The van der Waals surface area contributed by atoms with E-state index in [1.807, 2.05) is 36.5 Å². The van der Waals surface area contributed by atoms with Gasteiger partial charge >= 0.3 is 0 Å². The van der Waals surface area contributed by atoms with Crippen LogP contribution in [0.1, 0.15) is 28.4 Å². The molecule has 0 aliphatic heterocycles. The third kappa shape index (κ3) is 4.39. The van der Waals surface area contributed by atoms with E-state index in [-0.39, 0.29) is 5.92 Å². The van der Waals surface area contributed by atoms with Gasteiger partial charge in [-0.2, -0.15) is 5.10 Å². The van der Waals surface area contributed by atoms with Crippen LogP contribution in [0.3, 0.4) is 0 Å². The number of ether oxygens (including phenoxy) is 1. The molecule has 2 aromatic heterocycles. The summed E-state index contributed by atoms with van der Waals surface area (Å²) < 4.78 is 5.31. The summed E-state index contributed by atoms with van der Waals surface area (Å²) in [6, 6.07) is 20.4. The first-order valence-electron chi connectivity index (χ1n) is 9.84. The molecule has 30 heavy (non-hydrogen) atoms. The molecule has 0 radical (unpaired) electrons. The van der Waals surface area contributed by atoms with Gasteiger partial charge in [0, 0.05) is 24.5 Å². The minimum Gasteiger partial charge on any atom is -0.497 e. The van der Waals surface area contributed by atoms with Gasteiger partial charge in [0.25, 0.3) is 0 Å². The van der Waals surface area contributed by atoms with Crippen LogP contribution in [0.15, 0.2) is 73.1 Å². The summed E-state index contributed by atoms with van der Waals surface area (Å²) in [5.74, 6) is 2.18. The smallest absolute Gasteiger partial charge is 0.181 e.